The summed E-state index contributed by atoms with van der Waals surface area (Å²) in [5, 5.41) is 11.9. The zero-order valence-corrected chi connectivity index (χ0v) is 7.16. The van der Waals surface area contributed by atoms with Crippen molar-refractivity contribution < 1.29 is 9.90 Å². The number of rotatable bonds is 1. The van der Waals surface area contributed by atoms with Crippen molar-refractivity contribution in [3.8, 4) is 0 Å². The Hall–Kier alpha value is 0.286. The van der Waals surface area contributed by atoms with Crippen LogP contribution in [0.2, 0.25) is 0 Å². The minimum atomic E-state index is -0.799. The van der Waals surface area contributed by atoms with Crippen LogP contribution >= 0.6 is 0 Å². The van der Waals surface area contributed by atoms with Crippen LogP contribution in [0.25, 0.3) is 0 Å². The van der Waals surface area contributed by atoms with Gasteiger partial charge in [-0.25, -0.2) is 0 Å². The Morgan fingerprint density at radius 3 is 2.86 bits per heavy atom. The van der Waals surface area contributed by atoms with Crippen molar-refractivity contribution in [1.29, 1.82) is 0 Å². The molecule has 1 aliphatic rings. The van der Waals surface area contributed by atoms with Gasteiger partial charge in [0.1, 0.15) is 6.04 Å². The number of nitrogens with one attached hydrogen (secondary N) is 1. The van der Waals surface area contributed by atoms with Gasteiger partial charge in [0.25, 0.3) is 0 Å². The molecule has 3 nitrogen and oxygen atoms in total. The van der Waals surface area contributed by atoms with E-state index in [1.807, 2.05) is 24.3 Å². The monoisotopic (exact) mass is 217 g/mol. The molecule has 14 heavy (non-hydrogen) atoms. The Labute approximate surface area is 125 Å². The zero-order valence-electron chi connectivity index (χ0n) is 7.16. The normalized spacial score (nSPS) is 19.3. The van der Waals surface area contributed by atoms with Crippen molar-refractivity contribution in [3.63, 3.8) is 0 Å². The SMILES string of the molecule is O=C(O)[C@H]1NCCc2ccccc21.[KH]. The van der Waals surface area contributed by atoms with Gasteiger partial charge >= 0.3 is 57.4 Å². The maximum atomic E-state index is 10.9. The molecular formula is C10H12KNO2. The molecule has 0 amide bonds. The topological polar surface area (TPSA) is 49.3 Å². The summed E-state index contributed by atoms with van der Waals surface area (Å²) >= 11 is 0. The zero-order chi connectivity index (χ0) is 9.26. The summed E-state index contributed by atoms with van der Waals surface area (Å²) in [6.07, 6.45) is 0.917. The van der Waals surface area contributed by atoms with Crippen LogP contribution in [0.4, 0.5) is 0 Å². The fourth-order valence-electron chi connectivity index (χ4n) is 1.72. The molecule has 0 bridgehead atoms. The van der Waals surface area contributed by atoms with Crippen LogP contribution in [0.3, 0.4) is 0 Å². The van der Waals surface area contributed by atoms with Gasteiger partial charge < -0.3 is 10.4 Å². The molecule has 0 fully saturated rings. The van der Waals surface area contributed by atoms with Crippen molar-refractivity contribution in [2.24, 2.45) is 0 Å². The molecule has 0 unspecified atom stereocenters. The van der Waals surface area contributed by atoms with E-state index in [0.717, 1.165) is 24.1 Å². The Balaban J connectivity index is 0.000000980. The standard InChI is InChI=1S/C10H11NO2.K.H/c12-10(13)9-8-4-2-1-3-7(8)5-6-11-9;;/h1-4,9,11H,5-6H2,(H,12,13);;/t9-;;/m0../s1. The molecule has 70 valence electrons. The van der Waals surface area contributed by atoms with E-state index in [9.17, 15) is 4.79 Å². The summed E-state index contributed by atoms with van der Waals surface area (Å²) in [5.41, 5.74) is 2.05. The van der Waals surface area contributed by atoms with Crippen LogP contribution in [-0.2, 0) is 11.2 Å². The Kier molecular flexibility index (Phi) is 4.76. The van der Waals surface area contributed by atoms with Gasteiger partial charge in [0.15, 0.2) is 0 Å². The molecule has 4 heteroatoms. The number of hydrogen-bond acceptors (Lipinski definition) is 2. The first-order valence-corrected chi connectivity index (χ1v) is 4.33. The summed E-state index contributed by atoms with van der Waals surface area (Å²) < 4.78 is 0. The second-order valence-electron chi connectivity index (χ2n) is 3.17. The molecular weight excluding hydrogens is 205 g/mol. The number of fused-ring (bicyclic) bond motifs is 1. The summed E-state index contributed by atoms with van der Waals surface area (Å²) in [7, 11) is 0. The molecule has 0 aromatic heterocycles. The number of benzene rings is 1. The van der Waals surface area contributed by atoms with E-state index in [2.05, 4.69) is 5.32 Å². The Bertz CT molecular complexity index is 341. The van der Waals surface area contributed by atoms with Crippen molar-refractivity contribution in [2.45, 2.75) is 12.5 Å². The predicted molar refractivity (Wildman–Crippen MR) is 55.7 cm³/mol. The summed E-state index contributed by atoms with van der Waals surface area (Å²) in [5.74, 6) is -0.799. The van der Waals surface area contributed by atoms with Gasteiger partial charge in [-0.2, -0.15) is 0 Å². The number of hydrogen-bond donors (Lipinski definition) is 2. The molecule has 0 saturated heterocycles. The molecule has 2 N–H and O–H groups in total. The van der Waals surface area contributed by atoms with Crippen LogP contribution in [0, 0.1) is 0 Å². The summed E-state index contributed by atoms with van der Waals surface area (Å²) in [6.45, 7) is 0.744. The maximum absolute atomic E-state index is 10.9. The van der Waals surface area contributed by atoms with E-state index in [1.165, 1.54) is 0 Å². The van der Waals surface area contributed by atoms with Crippen molar-refractivity contribution in [2.75, 3.05) is 6.54 Å². The van der Waals surface area contributed by atoms with Crippen molar-refractivity contribution >= 4 is 57.4 Å². The number of carbonyl (C=O) groups is 1. The predicted octanol–water partition coefficient (Wildman–Crippen LogP) is 0.309. The molecule has 1 atom stereocenters. The quantitative estimate of drug-likeness (QED) is 0.666. The first kappa shape index (κ1) is 12.4. The molecule has 1 aromatic carbocycles. The van der Waals surface area contributed by atoms with Gasteiger partial charge in [0.05, 0.1) is 0 Å². The Morgan fingerprint density at radius 1 is 1.43 bits per heavy atom. The van der Waals surface area contributed by atoms with Gasteiger partial charge in [0.2, 0.25) is 0 Å². The third-order valence-electron chi connectivity index (χ3n) is 2.36. The van der Waals surface area contributed by atoms with Gasteiger partial charge in [-0.1, -0.05) is 24.3 Å². The average Bonchev–Trinajstić information content (AvgIpc) is 2.17. The minimum absolute atomic E-state index is 0. The molecule has 0 radical (unpaired) electrons. The molecule has 1 aromatic rings. The number of aliphatic carboxylic acids is 1. The molecule has 0 aliphatic carbocycles. The van der Waals surface area contributed by atoms with E-state index in [4.69, 9.17) is 5.11 Å². The average molecular weight is 217 g/mol. The second kappa shape index (κ2) is 5.39. The van der Waals surface area contributed by atoms with E-state index in [1.54, 1.807) is 0 Å². The van der Waals surface area contributed by atoms with Crippen molar-refractivity contribution in [3.05, 3.63) is 35.4 Å². The van der Waals surface area contributed by atoms with Gasteiger partial charge in [-0.05, 0) is 17.5 Å². The van der Waals surface area contributed by atoms with E-state index in [-0.39, 0.29) is 51.4 Å². The fourth-order valence-corrected chi connectivity index (χ4v) is 1.72. The van der Waals surface area contributed by atoms with Crippen LogP contribution in [-0.4, -0.2) is 69.0 Å². The first-order chi connectivity index (χ1) is 6.29. The molecule has 2 rings (SSSR count). The van der Waals surface area contributed by atoms with Gasteiger partial charge in [-0.15, -0.1) is 0 Å². The molecule has 1 aliphatic heterocycles. The number of carboxylic acid groups (broad SMARTS) is 1. The van der Waals surface area contributed by atoms with Crippen LogP contribution < -0.4 is 5.32 Å². The van der Waals surface area contributed by atoms with E-state index < -0.39 is 12.0 Å². The first-order valence-electron chi connectivity index (χ1n) is 4.33. The van der Waals surface area contributed by atoms with Crippen LogP contribution in [0.15, 0.2) is 24.3 Å². The van der Waals surface area contributed by atoms with Gasteiger partial charge in [-0.3, -0.25) is 4.79 Å². The second-order valence-corrected chi connectivity index (χ2v) is 3.17. The third kappa shape index (κ3) is 2.45. The number of carboxylic acids is 1. The van der Waals surface area contributed by atoms with E-state index in [0.29, 0.717) is 0 Å². The molecule has 0 spiro atoms. The molecule has 0 saturated carbocycles. The molecule has 1 heterocycles. The fraction of sp³-hybridized carbons (Fsp3) is 0.300. The van der Waals surface area contributed by atoms with Crippen LogP contribution in [0.1, 0.15) is 17.2 Å². The Morgan fingerprint density at radius 2 is 2.14 bits per heavy atom. The van der Waals surface area contributed by atoms with Gasteiger partial charge in [0, 0.05) is 6.54 Å². The van der Waals surface area contributed by atoms with Crippen LogP contribution in [0.5, 0.6) is 0 Å². The van der Waals surface area contributed by atoms with E-state index >= 15 is 0 Å². The third-order valence-corrected chi connectivity index (χ3v) is 2.36. The summed E-state index contributed by atoms with van der Waals surface area (Å²) in [6, 6.07) is 7.17. The van der Waals surface area contributed by atoms with Crippen molar-refractivity contribution in [1.82, 2.24) is 5.32 Å². The summed E-state index contributed by atoms with van der Waals surface area (Å²) in [4.78, 5) is 10.9.